The molecule has 0 aromatic carbocycles. The number of rotatable bonds is 4. The van der Waals surface area contributed by atoms with Gasteiger partial charge in [-0.15, -0.1) is 0 Å². The van der Waals surface area contributed by atoms with Crippen molar-refractivity contribution < 1.29 is 9.90 Å². The van der Waals surface area contributed by atoms with Crippen LogP contribution in [-0.2, 0) is 4.79 Å². The van der Waals surface area contributed by atoms with Gasteiger partial charge in [0, 0.05) is 10.8 Å². The molecule has 0 heterocycles. The molecule has 0 aromatic rings. The molecule has 0 amide bonds. The summed E-state index contributed by atoms with van der Waals surface area (Å²) in [7, 11) is 0. The van der Waals surface area contributed by atoms with Crippen molar-refractivity contribution in [2.75, 3.05) is 0 Å². The third kappa shape index (κ3) is 2.14. The number of allylic oxidation sites excluding steroid dienone is 4. The largest absolute Gasteiger partial charge is 0.393 e. The number of ketones is 1. The van der Waals surface area contributed by atoms with Crippen molar-refractivity contribution in [2.24, 2.45) is 22.7 Å². The number of aliphatic hydroxyl groups excluding tert-OH is 1. The second-order valence-electron chi connectivity index (χ2n) is 7.10. The van der Waals surface area contributed by atoms with Gasteiger partial charge < -0.3 is 5.11 Å². The summed E-state index contributed by atoms with van der Waals surface area (Å²) in [6, 6.07) is 0. The fourth-order valence-corrected chi connectivity index (χ4v) is 5.31. The van der Waals surface area contributed by atoms with E-state index in [1.165, 1.54) is 5.57 Å². The normalized spacial score (nSPS) is 40.7. The van der Waals surface area contributed by atoms with Gasteiger partial charge in [0.05, 0.1) is 6.10 Å². The summed E-state index contributed by atoms with van der Waals surface area (Å²) in [6.07, 6.45) is 9.16. The molecule has 1 N–H and O–H groups in total. The molecule has 21 heavy (non-hydrogen) atoms. The van der Waals surface area contributed by atoms with E-state index < -0.39 is 0 Å². The number of fused-ring (bicyclic) bond motifs is 1. The molecule has 2 aliphatic rings. The summed E-state index contributed by atoms with van der Waals surface area (Å²) in [5.74, 6) is 1.01. The molecule has 118 valence electrons. The quantitative estimate of drug-likeness (QED) is 0.838. The zero-order chi connectivity index (χ0) is 15.8. The maximum atomic E-state index is 11.9. The van der Waals surface area contributed by atoms with E-state index in [1.54, 1.807) is 6.08 Å². The van der Waals surface area contributed by atoms with Crippen molar-refractivity contribution in [2.45, 2.75) is 66.4 Å². The zero-order valence-electron chi connectivity index (χ0n) is 14.1. The van der Waals surface area contributed by atoms with Crippen molar-refractivity contribution in [3.63, 3.8) is 0 Å². The van der Waals surface area contributed by atoms with E-state index in [2.05, 4.69) is 40.7 Å². The van der Waals surface area contributed by atoms with E-state index in [1.807, 2.05) is 6.08 Å². The van der Waals surface area contributed by atoms with Crippen LogP contribution in [0.1, 0.15) is 60.3 Å². The monoisotopic (exact) mass is 290 g/mol. The Morgan fingerprint density at radius 3 is 2.57 bits per heavy atom. The SMILES string of the molecule is CCC1CC(C)C(CC)(C(O)CC)C2(C)C=CC(=O)C=C12. The van der Waals surface area contributed by atoms with Gasteiger partial charge in [0.15, 0.2) is 5.78 Å². The summed E-state index contributed by atoms with van der Waals surface area (Å²) in [5, 5.41) is 10.9. The molecule has 0 saturated heterocycles. The fraction of sp³-hybridized carbons (Fsp3) is 0.737. The van der Waals surface area contributed by atoms with Crippen LogP contribution in [0.3, 0.4) is 0 Å². The number of hydrogen-bond donors (Lipinski definition) is 1. The summed E-state index contributed by atoms with van der Waals surface area (Å²) >= 11 is 0. The Morgan fingerprint density at radius 1 is 1.38 bits per heavy atom. The summed E-state index contributed by atoms with van der Waals surface area (Å²) in [5.41, 5.74) is 0.879. The Labute approximate surface area is 129 Å². The van der Waals surface area contributed by atoms with Gasteiger partial charge in [-0.1, -0.05) is 46.3 Å². The summed E-state index contributed by atoms with van der Waals surface area (Å²) in [4.78, 5) is 11.9. The van der Waals surface area contributed by atoms with E-state index in [0.29, 0.717) is 11.8 Å². The average Bonchev–Trinajstić information content (AvgIpc) is 2.47. The first kappa shape index (κ1) is 16.5. The molecule has 5 atom stereocenters. The van der Waals surface area contributed by atoms with Gasteiger partial charge in [0.2, 0.25) is 0 Å². The molecule has 1 saturated carbocycles. The Hall–Kier alpha value is -0.890. The second-order valence-corrected chi connectivity index (χ2v) is 7.10. The zero-order valence-corrected chi connectivity index (χ0v) is 14.1. The first-order chi connectivity index (χ1) is 9.87. The Bertz CT molecular complexity index is 476. The molecular weight excluding hydrogens is 260 g/mol. The molecule has 2 rings (SSSR count). The van der Waals surface area contributed by atoms with E-state index in [9.17, 15) is 9.90 Å². The Morgan fingerprint density at radius 2 is 2.05 bits per heavy atom. The predicted molar refractivity (Wildman–Crippen MR) is 86.9 cm³/mol. The van der Waals surface area contributed by atoms with Crippen molar-refractivity contribution in [1.29, 1.82) is 0 Å². The molecule has 0 aliphatic heterocycles. The lowest BCUT2D eigenvalue weighted by Gasteiger charge is -2.60. The van der Waals surface area contributed by atoms with Gasteiger partial charge >= 0.3 is 0 Å². The minimum atomic E-state index is -0.332. The van der Waals surface area contributed by atoms with Gasteiger partial charge in [0.1, 0.15) is 0 Å². The highest BCUT2D eigenvalue weighted by Gasteiger charge is 2.59. The highest BCUT2D eigenvalue weighted by atomic mass is 16.3. The number of aliphatic hydroxyl groups is 1. The van der Waals surface area contributed by atoms with E-state index in [0.717, 1.165) is 25.7 Å². The molecule has 0 aromatic heterocycles. The summed E-state index contributed by atoms with van der Waals surface area (Å²) in [6.45, 7) is 11.0. The van der Waals surface area contributed by atoms with Crippen LogP contribution in [0.15, 0.2) is 23.8 Å². The van der Waals surface area contributed by atoms with Gasteiger partial charge in [-0.25, -0.2) is 0 Å². The molecule has 2 heteroatoms. The Kier molecular flexibility index (Phi) is 4.49. The predicted octanol–water partition coefficient (Wildman–Crippen LogP) is 4.29. The minimum absolute atomic E-state index is 0.103. The van der Waals surface area contributed by atoms with Crippen molar-refractivity contribution in [1.82, 2.24) is 0 Å². The van der Waals surface area contributed by atoms with Crippen LogP contribution in [0.4, 0.5) is 0 Å². The van der Waals surface area contributed by atoms with E-state index in [4.69, 9.17) is 0 Å². The van der Waals surface area contributed by atoms with Crippen LogP contribution in [-0.4, -0.2) is 17.0 Å². The van der Waals surface area contributed by atoms with Crippen molar-refractivity contribution in [3.05, 3.63) is 23.8 Å². The average molecular weight is 290 g/mol. The maximum Gasteiger partial charge on any atom is 0.178 e. The molecular formula is C19H30O2. The lowest BCUT2D eigenvalue weighted by Crippen LogP contribution is -2.57. The highest BCUT2D eigenvalue weighted by Crippen LogP contribution is 2.63. The molecule has 0 bridgehead atoms. The lowest BCUT2D eigenvalue weighted by atomic mass is 9.44. The topological polar surface area (TPSA) is 37.3 Å². The number of carbonyl (C=O) groups is 1. The van der Waals surface area contributed by atoms with Crippen LogP contribution in [0, 0.1) is 22.7 Å². The molecule has 2 nitrogen and oxygen atoms in total. The molecule has 0 spiro atoms. The minimum Gasteiger partial charge on any atom is -0.393 e. The van der Waals surface area contributed by atoms with Crippen molar-refractivity contribution >= 4 is 5.78 Å². The maximum absolute atomic E-state index is 11.9. The summed E-state index contributed by atoms with van der Waals surface area (Å²) < 4.78 is 0. The lowest BCUT2D eigenvalue weighted by molar-refractivity contribution is -0.115. The second kappa shape index (κ2) is 5.72. The first-order valence-corrected chi connectivity index (χ1v) is 8.50. The third-order valence-corrected chi connectivity index (χ3v) is 6.46. The van der Waals surface area contributed by atoms with E-state index >= 15 is 0 Å². The van der Waals surface area contributed by atoms with Crippen LogP contribution in [0.5, 0.6) is 0 Å². The van der Waals surface area contributed by atoms with Gasteiger partial charge in [-0.3, -0.25) is 4.79 Å². The van der Waals surface area contributed by atoms with Crippen LogP contribution < -0.4 is 0 Å². The van der Waals surface area contributed by atoms with Crippen LogP contribution in [0.2, 0.25) is 0 Å². The van der Waals surface area contributed by atoms with Crippen molar-refractivity contribution in [3.8, 4) is 0 Å². The Balaban J connectivity index is 2.64. The first-order valence-electron chi connectivity index (χ1n) is 8.50. The highest BCUT2D eigenvalue weighted by molar-refractivity contribution is 6.01. The third-order valence-electron chi connectivity index (χ3n) is 6.46. The molecule has 2 aliphatic carbocycles. The molecule has 5 unspecified atom stereocenters. The van der Waals surface area contributed by atoms with E-state index in [-0.39, 0.29) is 22.7 Å². The molecule has 0 radical (unpaired) electrons. The number of hydrogen-bond acceptors (Lipinski definition) is 2. The smallest absolute Gasteiger partial charge is 0.178 e. The standard InChI is InChI=1S/C19H30O2/c1-6-14-11-13(4)19(8-3,17(21)7-2)18(5)10-9-15(20)12-16(14)18/h9-10,12-14,17,21H,6-8,11H2,1-5H3. The van der Waals surface area contributed by atoms with Gasteiger partial charge in [0.25, 0.3) is 0 Å². The van der Waals surface area contributed by atoms with Crippen LogP contribution >= 0.6 is 0 Å². The van der Waals surface area contributed by atoms with Gasteiger partial charge in [-0.05, 0) is 49.7 Å². The van der Waals surface area contributed by atoms with Crippen LogP contribution in [0.25, 0.3) is 0 Å². The number of carbonyl (C=O) groups excluding carboxylic acids is 1. The molecule has 1 fully saturated rings. The van der Waals surface area contributed by atoms with Gasteiger partial charge in [-0.2, -0.15) is 0 Å². The fourth-order valence-electron chi connectivity index (χ4n) is 5.31.